The first-order valence-corrected chi connectivity index (χ1v) is 5.79. The van der Waals surface area contributed by atoms with Crippen LogP contribution in [0.1, 0.15) is 12.8 Å². The van der Waals surface area contributed by atoms with E-state index in [1.165, 1.54) is 0 Å². The van der Waals surface area contributed by atoms with Crippen molar-refractivity contribution >= 4 is 5.91 Å². The Hall–Kier alpha value is -1.62. The average molecular weight is 235 g/mol. The summed E-state index contributed by atoms with van der Waals surface area (Å²) < 4.78 is 1.68. The third-order valence-electron chi connectivity index (χ3n) is 2.97. The lowest BCUT2D eigenvalue weighted by atomic mass is 10.1. The fraction of sp³-hybridized carbons (Fsp3) is 0.500. The van der Waals surface area contributed by atoms with Crippen LogP contribution in [0, 0.1) is 0 Å². The number of amides is 1. The van der Waals surface area contributed by atoms with Gasteiger partial charge in [-0.2, -0.15) is 5.10 Å². The fourth-order valence-electron chi connectivity index (χ4n) is 1.95. The van der Waals surface area contributed by atoms with Crippen LogP contribution in [0.5, 0.6) is 0 Å². The fourth-order valence-corrected chi connectivity index (χ4v) is 1.95. The molecule has 1 fully saturated rings. The Morgan fingerprint density at radius 2 is 2.18 bits per heavy atom. The van der Waals surface area contributed by atoms with Gasteiger partial charge in [0.25, 0.3) is 5.91 Å². The molecule has 0 saturated carbocycles. The molecule has 17 heavy (non-hydrogen) atoms. The maximum atomic E-state index is 12.0. The van der Waals surface area contributed by atoms with Crippen molar-refractivity contribution in [3.63, 3.8) is 0 Å². The first-order chi connectivity index (χ1) is 8.16. The molecule has 0 atom stereocenters. The molecule has 2 rings (SSSR count). The summed E-state index contributed by atoms with van der Waals surface area (Å²) in [4.78, 5) is 13.8. The van der Waals surface area contributed by atoms with Gasteiger partial charge in [-0.05, 0) is 18.9 Å². The minimum atomic E-state index is -0.265. The summed E-state index contributed by atoms with van der Waals surface area (Å²) in [6.07, 6.45) is 4.52. The van der Waals surface area contributed by atoms with Gasteiger partial charge >= 0.3 is 0 Å². The van der Waals surface area contributed by atoms with E-state index in [1.54, 1.807) is 22.0 Å². The number of rotatable bonds is 3. The second-order valence-corrected chi connectivity index (χ2v) is 4.33. The first kappa shape index (κ1) is 11.9. The Balaban J connectivity index is 1.89. The molecular weight excluding hydrogens is 218 g/mol. The van der Waals surface area contributed by atoms with Crippen LogP contribution in [0.2, 0.25) is 0 Å². The van der Waals surface area contributed by atoms with E-state index in [9.17, 15) is 9.90 Å². The molecule has 1 saturated heterocycles. The van der Waals surface area contributed by atoms with Crippen LogP contribution in [0.15, 0.2) is 30.6 Å². The molecule has 1 aliphatic heterocycles. The first-order valence-electron chi connectivity index (χ1n) is 5.79. The van der Waals surface area contributed by atoms with Crippen molar-refractivity contribution in [3.8, 4) is 0 Å². The van der Waals surface area contributed by atoms with Gasteiger partial charge in [0.05, 0.1) is 12.6 Å². The lowest BCUT2D eigenvalue weighted by Crippen LogP contribution is -2.41. The average Bonchev–Trinajstić information content (AvgIpc) is 2.82. The molecular formula is C12H17N3O2. The van der Waals surface area contributed by atoms with Crippen molar-refractivity contribution in [3.05, 3.63) is 30.6 Å². The van der Waals surface area contributed by atoms with Crippen LogP contribution < -0.4 is 0 Å². The lowest BCUT2D eigenvalue weighted by molar-refractivity contribution is -0.129. The molecule has 0 aliphatic carbocycles. The number of aliphatic hydroxyl groups excluding tert-OH is 1. The van der Waals surface area contributed by atoms with Gasteiger partial charge in [-0.15, -0.1) is 0 Å². The largest absolute Gasteiger partial charge is 0.393 e. The van der Waals surface area contributed by atoms with Crippen LogP contribution in [-0.2, 0) is 11.3 Å². The van der Waals surface area contributed by atoms with Gasteiger partial charge in [0.2, 0.25) is 0 Å². The standard InChI is InChI=1S/C12H17N3O2/c1-10(9-15-6-2-5-13-15)12(17)14-7-3-11(16)4-8-14/h2,5-6,11,16H,1,3-4,7-9H2. The van der Waals surface area contributed by atoms with E-state index in [-0.39, 0.29) is 12.0 Å². The summed E-state index contributed by atoms with van der Waals surface area (Å²) in [6.45, 7) is 5.45. The van der Waals surface area contributed by atoms with Crippen molar-refractivity contribution in [1.29, 1.82) is 0 Å². The summed E-state index contributed by atoms with van der Waals surface area (Å²) in [5, 5.41) is 13.4. The topological polar surface area (TPSA) is 58.4 Å². The van der Waals surface area contributed by atoms with Crippen LogP contribution in [0.3, 0.4) is 0 Å². The lowest BCUT2D eigenvalue weighted by Gasteiger charge is -2.30. The van der Waals surface area contributed by atoms with Crippen molar-refractivity contribution in [1.82, 2.24) is 14.7 Å². The quantitative estimate of drug-likeness (QED) is 0.773. The number of carbonyl (C=O) groups excluding carboxylic acids is 1. The second-order valence-electron chi connectivity index (χ2n) is 4.33. The summed E-state index contributed by atoms with van der Waals surface area (Å²) >= 11 is 0. The summed E-state index contributed by atoms with van der Waals surface area (Å²) in [5.41, 5.74) is 0.532. The van der Waals surface area contributed by atoms with E-state index in [4.69, 9.17) is 0 Å². The zero-order valence-electron chi connectivity index (χ0n) is 9.75. The highest BCUT2D eigenvalue weighted by Crippen LogP contribution is 2.13. The van der Waals surface area contributed by atoms with Crippen molar-refractivity contribution in [2.75, 3.05) is 13.1 Å². The van der Waals surface area contributed by atoms with E-state index in [0.29, 0.717) is 38.0 Å². The highest BCUT2D eigenvalue weighted by Gasteiger charge is 2.22. The molecule has 1 amide bonds. The molecule has 0 spiro atoms. The number of likely N-dealkylation sites (tertiary alicyclic amines) is 1. The molecule has 0 radical (unpaired) electrons. The van der Waals surface area contributed by atoms with Crippen LogP contribution in [-0.4, -0.2) is 44.9 Å². The molecule has 5 nitrogen and oxygen atoms in total. The molecule has 2 heterocycles. The molecule has 1 aromatic rings. The van der Waals surface area contributed by atoms with Gasteiger partial charge in [0, 0.05) is 31.1 Å². The van der Waals surface area contributed by atoms with Gasteiger partial charge < -0.3 is 10.0 Å². The number of nitrogens with zero attached hydrogens (tertiary/aromatic N) is 3. The maximum Gasteiger partial charge on any atom is 0.251 e. The maximum absolute atomic E-state index is 12.0. The summed E-state index contributed by atoms with van der Waals surface area (Å²) in [5.74, 6) is -0.0348. The molecule has 0 bridgehead atoms. The van der Waals surface area contributed by atoms with Gasteiger partial charge in [-0.1, -0.05) is 6.58 Å². The molecule has 1 aromatic heterocycles. The Morgan fingerprint density at radius 1 is 1.47 bits per heavy atom. The Labute approximate surface area is 100 Å². The highest BCUT2D eigenvalue weighted by molar-refractivity contribution is 5.92. The molecule has 1 N–H and O–H groups in total. The normalized spacial score (nSPS) is 17.1. The number of hydrogen-bond donors (Lipinski definition) is 1. The third kappa shape index (κ3) is 2.94. The molecule has 0 aromatic carbocycles. The predicted octanol–water partition coefficient (Wildman–Crippen LogP) is 0.423. The zero-order chi connectivity index (χ0) is 12.3. The second kappa shape index (κ2) is 5.14. The zero-order valence-corrected chi connectivity index (χ0v) is 9.75. The molecule has 92 valence electrons. The van der Waals surface area contributed by atoms with Crippen LogP contribution in [0.4, 0.5) is 0 Å². The SMILES string of the molecule is C=C(Cn1cccn1)C(=O)N1CCC(O)CC1. The monoisotopic (exact) mass is 235 g/mol. The van der Waals surface area contributed by atoms with Crippen LogP contribution in [0.25, 0.3) is 0 Å². The third-order valence-corrected chi connectivity index (χ3v) is 2.97. The highest BCUT2D eigenvalue weighted by atomic mass is 16.3. The number of aromatic nitrogens is 2. The Bertz CT molecular complexity index is 392. The van der Waals surface area contributed by atoms with E-state index in [1.807, 2.05) is 6.07 Å². The predicted molar refractivity (Wildman–Crippen MR) is 63.2 cm³/mol. The Morgan fingerprint density at radius 3 is 2.76 bits per heavy atom. The number of piperidine rings is 1. The van der Waals surface area contributed by atoms with E-state index in [0.717, 1.165) is 0 Å². The van der Waals surface area contributed by atoms with Gasteiger partial charge in [0.15, 0.2) is 0 Å². The van der Waals surface area contributed by atoms with Gasteiger partial charge in [0.1, 0.15) is 0 Å². The van der Waals surface area contributed by atoms with Crippen molar-refractivity contribution < 1.29 is 9.90 Å². The molecule has 5 heteroatoms. The van der Waals surface area contributed by atoms with Crippen molar-refractivity contribution in [2.45, 2.75) is 25.5 Å². The number of carbonyl (C=O) groups is 1. The summed E-state index contributed by atoms with van der Waals surface area (Å²) in [7, 11) is 0. The smallest absolute Gasteiger partial charge is 0.251 e. The van der Waals surface area contributed by atoms with Crippen LogP contribution >= 0.6 is 0 Å². The van der Waals surface area contributed by atoms with E-state index >= 15 is 0 Å². The number of hydrogen-bond acceptors (Lipinski definition) is 3. The Kier molecular flexibility index (Phi) is 3.58. The van der Waals surface area contributed by atoms with Crippen molar-refractivity contribution in [2.24, 2.45) is 0 Å². The number of aliphatic hydroxyl groups is 1. The van der Waals surface area contributed by atoms with E-state index in [2.05, 4.69) is 11.7 Å². The molecule has 0 unspecified atom stereocenters. The van der Waals surface area contributed by atoms with E-state index < -0.39 is 0 Å². The van der Waals surface area contributed by atoms with Gasteiger partial charge in [-0.3, -0.25) is 9.48 Å². The van der Waals surface area contributed by atoms with Gasteiger partial charge in [-0.25, -0.2) is 0 Å². The summed E-state index contributed by atoms with van der Waals surface area (Å²) in [6, 6.07) is 1.81. The minimum absolute atomic E-state index is 0.0348. The minimum Gasteiger partial charge on any atom is -0.393 e. The molecule has 1 aliphatic rings.